The quantitative estimate of drug-likeness (QED) is 0.727. The van der Waals surface area contributed by atoms with Crippen LogP contribution < -0.4 is 0 Å². The Morgan fingerprint density at radius 1 is 1.22 bits per heavy atom. The lowest BCUT2D eigenvalue weighted by molar-refractivity contribution is -0.131. The predicted octanol–water partition coefficient (Wildman–Crippen LogP) is 3.64. The normalized spacial score (nSPS) is 15.9. The van der Waals surface area contributed by atoms with Crippen LogP contribution in [0.15, 0.2) is 17.5 Å². The Labute approximate surface area is 167 Å². The first kappa shape index (κ1) is 20.1. The van der Waals surface area contributed by atoms with E-state index in [1.165, 1.54) is 16.1 Å². The van der Waals surface area contributed by atoms with E-state index >= 15 is 0 Å². The van der Waals surface area contributed by atoms with Gasteiger partial charge in [0.1, 0.15) is 0 Å². The van der Waals surface area contributed by atoms with Gasteiger partial charge >= 0.3 is 0 Å². The standard InChI is InChI=1S/C21H32N4OS/c1-4-25-18(3)20(17(2)22-25)16-23-11-7-12-24(14-13-23)21(26)10-5-8-19-9-6-15-27-19/h6,9,15H,4-5,7-8,10-14,16H2,1-3H3. The third kappa shape index (κ3) is 5.20. The number of hydrogen-bond acceptors (Lipinski definition) is 4. The Hall–Kier alpha value is -1.66. The lowest BCUT2D eigenvalue weighted by Gasteiger charge is -2.22. The zero-order valence-corrected chi connectivity index (χ0v) is 17.7. The molecule has 3 rings (SSSR count). The lowest BCUT2D eigenvalue weighted by Crippen LogP contribution is -2.35. The van der Waals surface area contributed by atoms with Gasteiger partial charge in [-0.05, 0) is 51.5 Å². The van der Waals surface area contributed by atoms with E-state index in [2.05, 4.69) is 57.9 Å². The Morgan fingerprint density at radius 3 is 2.78 bits per heavy atom. The fraction of sp³-hybridized carbons (Fsp3) is 0.619. The molecule has 0 N–H and O–H groups in total. The SMILES string of the molecule is CCn1nc(C)c(CN2CCCN(C(=O)CCCc3cccs3)CC2)c1C. The minimum absolute atomic E-state index is 0.319. The van der Waals surface area contributed by atoms with Gasteiger partial charge in [-0.2, -0.15) is 5.10 Å². The molecule has 0 unspecified atom stereocenters. The van der Waals surface area contributed by atoms with Crippen molar-refractivity contribution in [1.82, 2.24) is 19.6 Å². The third-order valence-corrected chi connectivity index (χ3v) is 6.48. The van der Waals surface area contributed by atoms with E-state index in [9.17, 15) is 4.79 Å². The summed E-state index contributed by atoms with van der Waals surface area (Å²) in [5, 5.41) is 6.75. The number of nitrogens with zero attached hydrogens (tertiary/aromatic N) is 4. The van der Waals surface area contributed by atoms with Crippen LogP contribution in [-0.4, -0.2) is 51.7 Å². The summed E-state index contributed by atoms with van der Waals surface area (Å²) in [6.07, 6.45) is 3.69. The van der Waals surface area contributed by atoms with E-state index in [0.29, 0.717) is 12.3 Å². The molecule has 0 aliphatic carbocycles. The number of hydrogen-bond donors (Lipinski definition) is 0. The minimum Gasteiger partial charge on any atom is -0.341 e. The van der Waals surface area contributed by atoms with Gasteiger partial charge in [0.05, 0.1) is 5.69 Å². The monoisotopic (exact) mass is 388 g/mol. The van der Waals surface area contributed by atoms with Crippen molar-refractivity contribution in [3.63, 3.8) is 0 Å². The van der Waals surface area contributed by atoms with E-state index in [0.717, 1.165) is 64.2 Å². The molecule has 1 amide bonds. The molecule has 5 nitrogen and oxygen atoms in total. The molecule has 27 heavy (non-hydrogen) atoms. The summed E-state index contributed by atoms with van der Waals surface area (Å²) in [5.74, 6) is 0.319. The van der Waals surface area contributed by atoms with E-state index in [4.69, 9.17) is 0 Å². The van der Waals surface area contributed by atoms with Crippen molar-refractivity contribution in [1.29, 1.82) is 0 Å². The zero-order chi connectivity index (χ0) is 19.2. The van der Waals surface area contributed by atoms with Crippen molar-refractivity contribution >= 4 is 17.2 Å². The van der Waals surface area contributed by atoms with E-state index in [1.54, 1.807) is 11.3 Å². The molecule has 0 bridgehead atoms. The van der Waals surface area contributed by atoms with Gasteiger partial charge in [0, 0.05) is 61.8 Å². The molecule has 6 heteroatoms. The van der Waals surface area contributed by atoms with Crippen LogP contribution in [0.3, 0.4) is 0 Å². The van der Waals surface area contributed by atoms with Gasteiger partial charge in [-0.1, -0.05) is 6.07 Å². The van der Waals surface area contributed by atoms with Gasteiger partial charge in [0.15, 0.2) is 0 Å². The number of thiophene rings is 1. The van der Waals surface area contributed by atoms with Crippen molar-refractivity contribution in [3.05, 3.63) is 39.3 Å². The number of rotatable bonds is 7. The molecule has 0 spiro atoms. The minimum atomic E-state index is 0.319. The van der Waals surface area contributed by atoms with Gasteiger partial charge in [-0.3, -0.25) is 14.4 Å². The van der Waals surface area contributed by atoms with Crippen molar-refractivity contribution in [2.75, 3.05) is 26.2 Å². The smallest absolute Gasteiger partial charge is 0.222 e. The molecule has 0 radical (unpaired) electrons. The summed E-state index contributed by atoms with van der Waals surface area (Å²) in [7, 11) is 0. The van der Waals surface area contributed by atoms with Crippen LogP contribution >= 0.6 is 11.3 Å². The molecular formula is C21H32N4OS. The van der Waals surface area contributed by atoms with Crippen LogP contribution in [-0.2, 0) is 24.3 Å². The van der Waals surface area contributed by atoms with Gasteiger partial charge in [-0.25, -0.2) is 0 Å². The molecule has 0 aromatic carbocycles. The van der Waals surface area contributed by atoms with E-state index < -0.39 is 0 Å². The molecule has 3 heterocycles. The fourth-order valence-electron chi connectivity index (χ4n) is 3.90. The molecule has 1 fully saturated rings. The van der Waals surface area contributed by atoms with Crippen molar-refractivity contribution in [2.45, 2.75) is 59.5 Å². The van der Waals surface area contributed by atoms with Gasteiger partial charge in [0.25, 0.3) is 0 Å². The average Bonchev–Trinajstić information content (AvgIpc) is 3.18. The largest absolute Gasteiger partial charge is 0.341 e. The Bertz CT molecular complexity index is 738. The molecule has 2 aromatic heterocycles. The number of aryl methyl sites for hydroxylation is 3. The van der Waals surface area contributed by atoms with E-state index in [-0.39, 0.29) is 0 Å². The number of carbonyl (C=O) groups excluding carboxylic acids is 1. The lowest BCUT2D eigenvalue weighted by atomic mass is 10.2. The average molecular weight is 389 g/mol. The highest BCUT2D eigenvalue weighted by Gasteiger charge is 2.21. The zero-order valence-electron chi connectivity index (χ0n) is 16.9. The highest BCUT2D eigenvalue weighted by Crippen LogP contribution is 2.18. The summed E-state index contributed by atoms with van der Waals surface area (Å²) in [6.45, 7) is 12.0. The summed E-state index contributed by atoms with van der Waals surface area (Å²) in [5.41, 5.74) is 3.77. The third-order valence-electron chi connectivity index (χ3n) is 5.55. The maximum Gasteiger partial charge on any atom is 0.222 e. The Kier molecular flexibility index (Phi) is 7.07. The summed E-state index contributed by atoms with van der Waals surface area (Å²) >= 11 is 1.78. The molecular weight excluding hydrogens is 356 g/mol. The number of amides is 1. The Morgan fingerprint density at radius 2 is 2.07 bits per heavy atom. The first-order chi connectivity index (χ1) is 13.1. The van der Waals surface area contributed by atoms with Crippen molar-refractivity contribution in [3.8, 4) is 0 Å². The van der Waals surface area contributed by atoms with Crippen LogP contribution in [0.2, 0.25) is 0 Å². The molecule has 2 aromatic rings. The Balaban J connectivity index is 1.48. The van der Waals surface area contributed by atoms with Crippen LogP contribution in [0.1, 0.15) is 48.0 Å². The molecule has 0 saturated carbocycles. The summed E-state index contributed by atoms with van der Waals surface area (Å²) in [6, 6.07) is 4.24. The second kappa shape index (κ2) is 9.51. The van der Waals surface area contributed by atoms with Crippen LogP contribution in [0.25, 0.3) is 0 Å². The molecule has 0 atom stereocenters. The van der Waals surface area contributed by atoms with E-state index in [1.807, 2.05) is 0 Å². The molecule has 148 valence electrons. The van der Waals surface area contributed by atoms with Crippen LogP contribution in [0.4, 0.5) is 0 Å². The molecule has 1 aliphatic heterocycles. The topological polar surface area (TPSA) is 41.4 Å². The number of aromatic nitrogens is 2. The first-order valence-corrected chi connectivity index (χ1v) is 11.0. The van der Waals surface area contributed by atoms with Crippen LogP contribution in [0, 0.1) is 13.8 Å². The maximum atomic E-state index is 12.6. The fourth-order valence-corrected chi connectivity index (χ4v) is 4.65. The number of carbonyl (C=O) groups is 1. The molecule has 1 saturated heterocycles. The first-order valence-electron chi connectivity index (χ1n) is 10.1. The predicted molar refractivity (Wildman–Crippen MR) is 111 cm³/mol. The second-order valence-corrected chi connectivity index (χ2v) is 8.44. The van der Waals surface area contributed by atoms with Crippen molar-refractivity contribution < 1.29 is 4.79 Å². The summed E-state index contributed by atoms with van der Waals surface area (Å²) in [4.78, 5) is 18.5. The second-order valence-electron chi connectivity index (χ2n) is 7.41. The van der Waals surface area contributed by atoms with Gasteiger partial charge in [0.2, 0.25) is 5.91 Å². The van der Waals surface area contributed by atoms with Crippen molar-refractivity contribution in [2.24, 2.45) is 0 Å². The highest BCUT2D eigenvalue weighted by molar-refractivity contribution is 7.09. The highest BCUT2D eigenvalue weighted by atomic mass is 32.1. The molecule has 1 aliphatic rings. The van der Waals surface area contributed by atoms with Crippen LogP contribution in [0.5, 0.6) is 0 Å². The summed E-state index contributed by atoms with van der Waals surface area (Å²) < 4.78 is 2.09. The van der Waals surface area contributed by atoms with Gasteiger partial charge in [-0.15, -0.1) is 11.3 Å². The maximum absolute atomic E-state index is 12.6. The van der Waals surface area contributed by atoms with Gasteiger partial charge < -0.3 is 4.90 Å².